The molecule has 0 radical (unpaired) electrons. The molecule has 0 spiro atoms. The lowest BCUT2D eigenvalue weighted by Crippen LogP contribution is -2.17. The molecule has 0 N–H and O–H groups in total. The zero-order chi connectivity index (χ0) is 15.6. The third-order valence-electron chi connectivity index (χ3n) is 4.67. The van der Waals surface area contributed by atoms with E-state index in [1.807, 2.05) is 32.0 Å². The number of methoxy groups -OCH3 is 1. The third kappa shape index (κ3) is 1.40. The van der Waals surface area contributed by atoms with Crippen molar-refractivity contribution in [3.05, 3.63) is 57.2 Å². The largest absolute Gasteiger partial charge is 0.367 e. The number of nitrogens with zero attached hydrogens (tertiary/aromatic N) is 1. The quantitative estimate of drug-likeness (QED) is 0.648. The molecule has 1 atom stereocenters. The third-order valence-corrected chi connectivity index (χ3v) is 4.67. The molecule has 4 rings (SSSR count). The van der Waals surface area contributed by atoms with Gasteiger partial charge in [-0.25, -0.2) is 0 Å². The molecule has 2 heterocycles. The van der Waals surface area contributed by atoms with Crippen LogP contribution in [0.15, 0.2) is 35.1 Å². The van der Waals surface area contributed by atoms with E-state index in [4.69, 9.17) is 4.74 Å². The number of hydrogen-bond acceptors (Lipinski definition) is 3. The van der Waals surface area contributed by atoms with E-state index in [-0.39, 0.29) is 11.3 Å². The number of hydrogen-bond donors (Lipinski definition) is 0. The van der Waals surface area contributed by atoms with Gasteiger partial charge in [-0.3, -0.25) is 14.2 Å². The number of benzene rings is 2. The van der Waals surface area contributed by atoms with Crippen molar-refractivity contribution in [2.75, 3.05) is 7.11 Å². The highest BCUT2D eigenvalue weighted by atomic mass is 16.5. The number of rotatable bonds is 1. The molecule has 1 aromatic heterocycles. The Morgan fingerprint density at radius 3 is 2.45 bits per heavy atom. The predicted octanol–water partition coefficient (Wildman–Crippen LogP) is 3.11. The van der Waals surface area contributed by atoms with Crippen LogP contribution in [0.3, 0.4) is 0 Å². The van der Waals surface area contributed by atoms with Crippen molar-refractivity contribution >= 4 is 27.7 Å². The van der Waals surface area contributed by atoms with Gasteiger partial charge in [0.05, 0.1) is 11.0 Å². The normalized spacial score (nSPS) is 16.9. The molecule has 0 aliphatic carbocycles. The summed E-state index contributed by atoms with van der Waals surface area (Å²) in [5.74, 6) is -0.132. The highest BCUT2D eigenvalue weighted by Crippen LogP contribution is 2.36. The summed E-state index contributed by atoms with van der Waals surface area (Å²) < 4.78 is 7.05. The molecule has 4 heteroatoms. The molecule has 3 aromatic rings. The fourth-order valence-electron chi connectivity index (χ4n) is 3.43. The molecular formula is C18H15NO3. The maximum atomic E-state index is 12.8. The van der Waals surface area contributed by atoms with Gasteiger partial charge < -0.3 is 4.74 Å². The van der Waals surface area contributed by atoms with Crippen LogP contribution in [0, 0.1) is 13.8 Å². The van der Waals surface area contributed by atoms with Crippen LogP contribution in [0.1, 0.15) is 27.6 Å². The van der Waals surface area contributed by atoms with E-state index in [0.717, 1.165) is 16.7 Å². The molecular weight excluding hydrogens is 278 g/mol. The summed E-state index contributed by atoms with van der Waals surface area (Å²) in [5.41, 5.74) is 4.14. The van der Waals surface area contributed by atoms with Crippen LogP contribution in [0.5, 0.6) is 0 Å². The number of pyridine rings is 1. The van der Waals surface area contributed by atoms with Crippen molar-refractivity contribution in [2.45, 2.75) is 20.0 Å². The topological polar surface area (TPSA) is 48.3 Å². The average molecular weight is 293 g/mol. The van der Waals surface area contributed by atoms with E-state index in [2.05, 4.69) is 0 Å². The Hall–Kier alpha value is -2.46. The first-order valence-electron chi connectivity index (χ1n) is 7.21. The van der Waals surface area contributed by atoms with Crippen molar-refractivity contribution in [2.24, 2.45) is 0 Å². The number of fused-ring (bicyclic) bond motifs is 2. The molecule has 0 saturated heterocycles. The summed E-state index contributed by atoms with van der Waals surface area (Å²) in [4.78, 5) is 25.7. The van der Waals surface area contributed by atoms with Crippen molar-refractivity contribution in [3.63, 3.8) is 0 Å². The summed E-state index contributed by atoms with van der Waals surface area (Å²) in [6, 6.07) is 9.17. The SMILES string of the molecule is COC1C(=O)n2c3c1cccc3c(=O)c1ccc(C)c(C)c12. The van der Waals surface area contributed by atoms with Crippen molar-refractivity contribution < 1.29 is 9.53 Å². The molecule has 0 fully saturated rings. The summed E-state index contributed by atoms with van der Waals surface area (Å²) in [6.45, 7) is 3.93. The molecule has 1 aliphatic heterocycles. The van der Waals surface area contributed by atoms with E-state index >= 15 is 0 Å². The second-order valence-electron chi connectivity index (χ2n) is 5.77. The Kier molecular flexibility index (Phi) is 2.57. The monoisotopic (exact) mass is 293 g/mol. The van der Waals surface area contributed by atoms with E-state index in [1.165, 1.54) is 7.11 Å². The fourth-order valence-corrected chi connectivity index (χ4v) is 3.43. The van der Waals surface area contributed by atoms with E-state index in [0.29, 0.717) is 21.8 Å². The molecule has 0 amide bonds. The van der Waals surface area contributed by atoms with Gasteiger partial charge in [0.1, 0.15) is 0 Å². The minimum atomic E-state index is -0.645. The maximum Gasteiger partial charge on any atom is 0.265 e. The van der Waals surface area contributed by atoms with Gasteiger partial charge in [-0.05, 0) is 37.1 Å². The Morgan fingerprint density at radius 2 is 1.73 bits per heavy atom. The summed E-state index contributed by atoms with van der Waals surface area (Å²) >= 11 is 0. The van der Waals surface area contributed by atoms with Crippen molar-refractivity contribution in [1.29, 1.82) is 0 Å². The Labute approximate surface area is 126 Å². The predicted molar refractivity (Wildman–Crippen MR) is 85.6 cm³/mol. The second kappa shape index (κ2) is 4.27. The first kappa shape index (κ1) is 13.2. The smallest absolute Gasteiger partial charge is 0.265 e. The number of aromatic nitrogens is 1. The van der Waals surface area contributed by atoms with Crippen LogP contribution < -0.4 is 5.43 Å². The number of para-hydroxylation sites is 1. The van der Waals surface area contributed by atoms with Crippen LogP contribution in [-0.4, -0.2) is 17.6 Å². The molecule has 22 heavy (non-hydrogen) atoms. The second-order valence-corrected chi connectivity index (χ2v) is 5.77. The molecule has 0 bridgehead atoms. The summed E-state index contributed by atoms with van der Waals surface area (Å²) in [5, 5.41) is 1.15. The van der Waals surface area contributed by atoms with E-state index in [9.17, 15) is 9.59 Å². The van der Waals surface area contributed by atoms with Gasteiger partial charge in [0.15, 0.2) is 11.5 Å². The van der Waals surface area contributed by atoms with Crippen LogP contribution in [0.4, 0.5) is 0 Å². The van der Waals surface area contributed by atoms with Gasteiger partial charge in [-0.2, -0.15) is 0 Å². The number of aryl methyl sites for hydroxylation is 2. The molecule has 1 unspecified atom stereocenters. The lowest BCUT2D eigenvalue weighted by molar-refractivity contribution is 0.0559. The van der Waals surface area contributed by atoms with Crippen molar-refractivity contribution in [3.8, 4) is 0 Å². The van der Waals surface area contributed by atoms with Crippen LogP contribution in [-0.2, 0) is 4.74 Å². The number of carbonyl (C=O) groups is 1. The van der Waals surface area contributed by atoms with Gasteiger partial charge in [-0.1, -0.05) is 18.2 Å². The van der Waals surface area contributed by atoms with Gasteiger partial charge in [0, 0.05) is 23.4 Å². The van der Waals surface area contributed by atoms with Crippen LogP contribution >= 0.6 is 0 Å². The highest BCUT2D eigenvalue weighted by Gasteiger charge is 2.34. The zero-order valence-electron chi connectivity index (χ0n) is 12.6. The number of carbonyl (C=O) groups excluding carboxylic acids is 1. The number of ether oxygens (including phenoxy) is 1. The standard InChI is InChI=1S/C18H15NO3/c1-9-7-8-12-14(10(9)2)19-15-11(16(12)20)5-4-6-13(15)17(22-3)18(19)21/h4-8,17H,1-3H3. The lowest BCUT2D eigenvalue weighted by atomic mass is 10.0. The van der Waals surface area contributed by atoms with Crippen molar-refractivity contribution in [1.82, 2.24) is 4.57 Å². The minimum absolute atomic E-state index is 0.0317. The molecule has 110 valence electrons. The Morgan fingerprint density at radius 1 is 1.00 bits per heavy atom. The van der Waals surface area contributed by atoms with Gasteiger partial charge >= 0.3 is 0 Å². The molecule has 1 aliphatic rings. The molecule has 2 aromatic carbocycles. The molecule has 0 saturated carbocycles. The highest BCUT2D eigenvalue weighted by molar-refractivity contribution is 6.10. The van der Waals surface area contributed by atoms with Crippen LogP contribution in [0.25, 0.3) is 21.8 Å². The first-order valence-corrected chi connectivity index (χ1v) is 7.21. The fraction of sp³-hybridized carbons (Fsp3) is 0.222. The Bertz CT molecular complexity index is 1030. The minimum Gasteiger partial charge on any atom is -0.367 e. The van der Waals surface area contributed by atoms with Crippen LogP contribution in [0.2, 0.25) is 0 Å². The lowest BCUT2D eigenvalue weighted by Gasteiger charge is -2.13. The maximum absolute atomic E-state index is 12.8. The summed E-state index contributed by atoms with van der Waals surface area (Å²) in [6.07, 6.45) is -0.645. The summed E-state index contributed by atoms with van der Waals surface area (Å²) in [7, 11) is 1.52. The van der Waals surface area contributed by atoms with E-state index in [1.54, 1.807) is 16.7 Å². The zero-order valence-corrected chi connectivity index (χ0v) is 12.6. The van der Waals surface area contributed by atoms with Gasteiger partial charge in [-0.15, -0.1) is 0 Å². The average Bonchev–Trinajstić information content (AvgIpc) is 2.80. The molecule has 4 nitrogen and oxygen atoms in total. The van der Waals surface area contributed by atoms with E-state index < -0.39 is 6.10 Å². The van der Waals surface area contributed by atoms with Gasteiger partial charge in [0.2, 0.25) is 0 Å². The first-order chi connectivity index (χ1) is 10.6. The Balaban J connectivity index is 2.37. The van der Waals surface area contributed by atoms with Gasteiger partial charge in [0.25, 0.3) is 5.91 Å².